The summed E-state index contributed by atoms with van der Waals surface area (Å²) in [6.07, 6.45) is 2.48. The van der Waals surface area contributed by atoms with Gasteiger partial charge in [-0.3, -0.25) is 4.79 Å². The van der Waals surface area contributed by atoms with E-state index < -0.39 is 11.5 Å². The Morgan fingerprint density at radius 3 is 2.60 bits per heavy atom. The molecule has 0 bridgehead atoms. The smallest absolute Gasteiger partial charge is 0.242 e. The van der Waals surface area contributed by atoms with Crippen LogP contribution >= 0.6 is 0 Å². The molecule has 0 aromatic heterocycles. The third-order valence-corrected chi connectivity index (χ3v) is 3.06. The lowest BCUT2D eigenvalue weighted by molar-refractivity contribution is -0.141. The van der Waals surface area contributed by atoms with E-state index in [4.69, 9.17) is 10.4 Å². The van der Waals surface area contributed by atoms with Gasteiger partial charge in [0.2, 0.25) is 5.91 Å². The van der Waals surface area contributed by atoms with Crippen molar-refractivity contribution in [1.82, 2.24) is 4.90 Å². The minimum Gasteiger partial charge on any atom is -0.393 e. The van der Waals surface area contributed by atoms with Crippen LogP contribution in [-0.2, 0) is 4.79 Å². The van der Waals surface area contributed by atoms with Crippen LogP contribution in [0.5, 0.6) is 0 Å². The molecular weight excluding hydrogens is 192 g/mol. The number of rotatable bonds is 4. The molecule has 1 N–H and O–H groups in total. The summed E-state index contributed by atoms with van der Waals surface area (Å²) in [6, 6.07) is 2.13. The van der Waals surface area contributed by atoms with Gasteiger partial charge in [0, 0.05) is 13.6 Å². The molecule has 0 radical (unpaired) electrons. The number of nitrogens with zero attached hydrogens (tertiary/aromatic N) is 2. The molecule has 0 aliphatic heterocycles. The fraction of sp³-hybridized carbons (Fsp3) is 0.818. The summed E-state index contributed by atoms with van der Waals surface area (Å²) < 4.78 is 0. The molecule has 0 saturated heterocycles. The van der Waals surface area contributed by atoms with Gasteiger partial charge in [-0.1, -0.05) is 0 Å². The van der Waals surface area contributed by atoms with E-state index in [1.165, 1.54) is 0 Å². The van der Waals surface area contributed by atoms with Crippen LogP contribution in [0, 0.1) is 16.7 Å². The van der Waals surface area contributed by atoms with E-state index in [1.807, 2.05) is 0 Å². The molecule has 1 fully saturated rings. The van der Waals surface area contributed by atoms with Crippen LogP contribution in [0.2, 0.25) is 0 Å². The molecule has 1 atom stereocenters. The highest BCUT2D eigenvalue weighted by Gasteiger charge is 2.45. The summed E-state index contributed by atoms with van der Waals surface area (Å²) in [5.41, 5.74) is -0.757. The van der Waals surface area contributed by atoms with Gasteiger partial charge in [-0.2, -0.15) is 5.26 Å². The fourth-order valence-electron chi connectivity index (χ4n) is 1.75. The molecule has 1 unspecified atom stereocenters. The molecule has 84 valence electrons. The van der Waals surface area contributed by atoms with E-state index in [1.54, 1.807) is 18.9 Å². The van der Waals surface area contributed by atoms with E-state index in [2.05, 4.69) is 6.07 Å². The number of amides is 1. The van der Waals surface area contributed by atoms with Gasteiger partial charge in [0.15, 0.2) is 0 Å². The summed E-state index contributed by atoms with van der Waals surface area (Å²) in [4.78, 5) is 13.5. The molecule has 4 heteroatoms. The van der Waals surface area contributed by atoms with Crippen LogP contribution in [0.4, 0.5) is 0 Å². The molecule has 0 aromatic carbocycles. The fourth-order valence-corrected chi connectivity index (χ4v) is 1.75. The second-order valence-electron chi connectivity index (χ2n) is 4.41. The predicted octanol–water partition coefficient (Wildman–Crippen LogP) is 0.910. The molecule has 0 spiro atoms. The molecule has 1 saturated carbocycles. The Hall–Kier alpha value is -1.08. The van der Waals surface area contributed by atoms with Crippen molar-refractivity contribution >= 4 is 5.91 Å². The Balaban J connectivity index is 2.49. The highest BCUT2D eigenvalue weighted by Crippen LogP contribution is 2.41. The molecule has 1 aliphatic carbocycles. The maximum atomic E-state index is 11.9. The minimum absolute atomic E-state index is 0.0862. The van der Waals surface area contributed by atoms with Crippen LogP contribution < -0.4 is 0 Å². The average Bonchev–Trinajstić information content (AvgIpc) is 2.13. The molecular formula is C11H18N2O2. The predicted molar refractivity (Wildman–Crippen MR) is 55.8 cm³/mol. The first kappa shape index (κ1) is 12.0. The summed E-state index contributed by atoms with van der Waals surface area (Å²) in [5.74, 6) is -0.0862. The van der Waals surface area contributed by atoms with Crippen LogP contribution in [0.3, 0.4) is 0 Å². The van der Waals surface area contributed by atoms with Crippen molar-refractivity contribution in [3.05, 3.63) is 0 Å². The van der Waals surface area contributed by atoms with Gasteiger partial charge >= 0.3 is 0 Å². The Morgan fingerprint density at radius 2 is 2.27 bits per heavy atom. The Bertz CT molecular complexity index is 277. The van der Waals surface area contributed by atoms with Crippen molar-refractivity contribution in [1.29, 1.82) is 5.26 Å². The number of aliphatic hydroxyl groups is 1. The summed E-state index contributed by atoms with van der Waals surface area (Å²) in [7, 11) is 1.70. The number of aliphatic hydroxyl groups excluding tert-OH is 1. The zero-order chi connectivity index (χ0) is 11.5. The van der Waals surface area contributed by atoms with E-state index in [0.717, 1.165) is 6.42 Å². The Morgan fingerprint density at radius 1 is 1.67 bits per heavy atom. The van der Waals surface area contributed by atoms with E-state index in [9.17, 15) is 4.79 Å². The SMILES string of the molecule is CC(O)CCN(C)C(=O)C1(C#N)CCC1. The van der Waals surface area contributed by atoms with Gasteiger partial charge in [-0.15, -0.1) is 0 Å². The molecule has 1 amide bonds. The van der Waals surface area contributed by atoms with Crippen molar-refractivity contribution in [2.75, 3.05) is 13.6 Å². The molecule has 1 aliphatic rings. The third-order valence-electron chi connectivity index (χ3n) is 3.06. The van der Waals surface area contributed by atoms with Gasteiger partial charge in [-0.25, -0.2) is 0 Å². The first-order valence-electron chi connectivity index (χ1n) is 5.37. The number of hydrogen-bond donors (Lipinski definition) is 1. The number of carbonyl (C=O) groups excluding carboxylic acids is 1. The molecule has 1 rings (SSSR count). The van der Waals surface area contributed by atoms with Crippen molar-refractivity contribution in [3.63, 3.8) is 0 Å². The van der Waals surface area contributed by atoms with Crippen molar-refractivity contribution in [2.45, 2.75) is 38.7 Å². The second kappa shape index (κ2) is 4.63. The first-order chi connectivity index (χ1) is 7.02. The van der Waals surface area contributed by atoms with Crippen LogP contribution in [0.1, 0.15) is 32.6 Å². The average molecular weight is 210 g/mol. The molecule has 15 heavy (non-hydrogen) atoms. The Kier molecular flexibility index (Phi) is 3.70. The number of hydrogen-bond acceptors (Lipinski definition) is 3. The van der Waals surface area contributed by atoms with Crippen LogP contribution in [0.25, 0.3) is 0 Å². The normalized spacial score (nSPS) is 19.9. The summed E-state index contributed by atoms with van der Waals surface area (Å²) >= 11 is 0. The van der Waals surface area contributed by atoms with Crippen LogP contribution in [-0.4, -0.2) is 35.6 Å². The van der Waals surface area contributed by atoms with E-state index in [0.29, 0.717) is 25.8 Å². The highest BCUT2D eigenvalue weighted by molar-refractivity contribution is 5.86. The summed E-state index contributed by atoms with van der Waals surface area (Å²) in [6.45, 7) is 2.21. The minimum atomic E-state index is -0.757. The number of carbonyl (C=O) groups is 1. The molecule has 0 heterocycles. The van der Waals surface area contributed by atoms with Gasteiger partial charge in [0.25, 0.3) is 0 Å². The number of nitriles is 1. The quantitative estimate of drug-likeness (QED) is 0.750. The van der Waals surface area contributed by atoms with Gasteiger partial charge in [-0.05, 0) is 32.6 Å². The first-order valence-corrected chi connectivity index (χ1v) is 5.37. The van der Waals surface area contributed by atoms with Gasteiger partial charge in [0.1, 0.15) is 5.41 Å². The Labute approximate surface area is 90.5 Å². The monoisotopic (exact) mass is 210 g/mol. The van der Waals surface area contributed by atoms with Crippen molar-refractivity contribution in [2.24, 2.45) is 5.41 Å². The molecule has 0 aromatic rings. The van der Waals surface area contributed by atoms with E-state index >= 15 is 0 Å². The molecule has 4 nitrogen and oxygen atoms in total. The van der Waals surface area contributed by atoms with E-state index in [-0.39, 0.29) is 5.91 Å². The maximum Gasteiger partial charge on any atom is 0.242 e. The van der Waals surface area contributed by atoms with Gasteiger partial charge in [0.05, 0.1) is 12.2 Å². The lowest BCUT2D eigenvalue weighted by atomic mass is 9.69. The second-order valence-corrected chi connectivity index (χ2v) is 4.41. The maximum absolute atomic E-state index is 11.9. The highest BCUT2D eigenvalue weighted by atomic mass is 16.3. The largest absolute Gasteiger partial charge is 0.393 e. The zero-order valence-corrected chi connectivity index (χ0v) is 9.36. The lowest BCUT2D eigenvalue weighted by Crippen LogP contribution is -2.46. The summed E-state index contributed by atoms with van der Waals surface area (Å²) in [5, 5.41) is 18.1. The van der Waals surface area contributed by atoms with Gasteiger partial charge < -0.3 is 10.0 Å². The third kappa shape index (κ3) is 2.48. The van der Waals surface area contributed by atoms with Crippen molar-refractivity contribution < 1.29 is 9.90 Å². The zero-order valence-electron chi connectivity index (χ0n) is 9.36. The standard InChI is InChI=1S/C11H18N2O2/c1-9(14)4-7-13(2)10(15)11(8-12)5-3-6-11/h9,14H,3-7H2,1-2H3. The van der Waals surface area contributed by atoms with Crippen LogP contribution in [0.15, 0.2) is 0 Å². The topological polar surface area (TPSA) is 64.3 Å². The van der Waals surface area contributed by atoms with Crippen molar-refractivity contribution in [3.8, 4) is 6.07 Å². The lowest BCUT2D eigenvalue weighted by Gasteiger charge is -2.36.